The Labute approximate surface area is 164 Å². The van der Waals surface area contributed by atoms with E-state index < -0.39 is 0 Å². The van der Waals surface area contributed by atoms with Gasteiger partial charge in [0.25, 0.3) is 0 Å². The molecule has 140 valence electrons. The smallest absolute Gasteiger partial charge is 0.113 e. The van der Waals surface area contributed by atoms with Crippen molar-refractivity contribution in [2.24, 2.45) is 0 Å². The third kappa shape index (κ3) is 4.40. The summed E-state index contributed by atoms with van der Waals surface area (Å²) < 4.78 is 0. The molecule has 0 saturated heterocycles. The molecule has 0 spiro atoms. The molecule has 0 amide bonds. The van der Waals surface area contributed by atoms with Crippen molar-refractivity contribution in [2.45, 2.75) is 27.7 Å². The summed E-state index contributed by atoms with van der Waals surface area (Å²) in [6.45, 7) is 7.90. The Bertz CT molecular complexity index is 956. The third-order valence-corrected chi connectivity index (χ3v) is 3.89. The molecule has 0 N–H and O–H groups in total. The van der Waals surface area contributed by atoms with Crippen LogP contribution in [0.1, 0.15) is 25.2 Å². The van der Waals surface area contributed by atoms with E-state index in [2.05, 4.69) is 30.4 Å². The molecule has 6 nitrogen and oxygen atoms in total. The summed E-state index contributed by atoms with van der Waals surface area (Å²) in [4.78, 5) is 8.92. The summed E-state index contributed by atoms with van der Waals surface area (Å²) in [7, 11) is 0. The van der Waals surface area contributed by atoms with Crippen molar-refractivity contribution in [2.75, 3.05) is 0 Å². The average molecular weight is 370 g/mol. The Hall–Kier alpha value is -3.54. The molecule has 0 bridgehead atoms. The Kier molecular flexibility index (Phi) is 6.11. The molecule has 28 heavy (non-hydrogen) atoms. The van der Waals surface area contributed by atoms with Gasteiger partial charge in [0.05, 0.1) is 11.4 Å². The maximum Gasteiger partial charge on any atom is 0.113 e. The van der Waals surface area contributed by atoms with Crippen LogP contribution in [0, 0.1) is 13.8 Å². The van der Waals surface area contributed by atoms with Gasteiger partial charge >= 0.3 is 0 Å². The Morgan fingerprint density at radius 1 is 0.429 bits per heavy atom. The second-order valence-corrected chi connectivity index (χ2v) is 5.94. The van der Waals surface area contributed by atoms with E-state index >= 15 is 0 Å². The van der Waals surface area contributed by atoms with Crippen LogP contribution >= 0.6 is 0 Å². The molecule has 0 atom stereocenters. The third-order valence-electron chi connectivity index (χ3n) is 3.89. The van der Waals surface area contributed by atoms with E-state index in [1.807, 2.05) is 88.4 Å². The van der Waals surface area contributed by atoms with E-state index in [0.29, 0.717) is 11.4 Å². The SMILES string of the molecule is CC.Cc1cccc(-c2ccc(-c3ccc(-c4cccc(C)n4)nn3)nn2)n1. The van der Waals surface area contributed by atoms with Gasteiger partial charge in [0.15, 0.2) is 0 Å². The molecule has 0 radical (unpaired) electrons. The predicted molar refractivity (Wildman–Crippen MR) is 110 cm³/mol. The zero-order chi connectivity index (χ0) is 19.9. The number of pyridine rings is 2. The maximum atomic E-state index is 4.46. The quantitative estimate of drug-likeness (QED) is 0.520. The Morgan fingerprint density at radius 3 is 1.04 bits per heavy atom. The lowest BCUT2D eigenvalue weighted by Crippen LogP contribution is -1.97. The van der Waals surface area contributed by atoms with Crippen LogP contribution in [0.25, 0.3) is 34.2 Å². The van der Waals surface area contributed by atoms with Gasteiger partial charge in [-0.25, -0.2) is 0 Å². The molecule has 4 aromatic heterocycles. The van der Waals surface area contributed by atoms with Crippen molar-refractivity contribution in [3.8, 4) is 34.2 Å². The Morgan fingerprint density at radius 2 is 0.750 bits per heavy atom. The van der Waals surface area contributed by atoms with Gasteiger partial charge in [-0.2, -0.15) is 0 Å². The topological polar surface area (TPSA) is 77.3 Å². The van der Waals surface area contributed by atoms with Gasteiger partial charge in [-0.1, -0.05) is 26.0 Å². The van der Waals surface area contributed by atoms with Crippen molar-refractivity contribution in [3.05, 3.63) is 72.1 Å². The lowest BCUT2D eigenvalue weighted by molar-refractivity contribution is 0.986. The predicted octanol–water partition coefficient (Wildman–Crippen LogP) is 4.70. The van der Waals surface area contributed by atoms with E-state index in [9.17, 15) is 0 Å². The first-order chi connectivity index (χ1) is 13.7. The summed E-state index contributed by atoms with van der Waals surface area (Å²) in [5.74, 6) is 0. The Balaban J connectivity index is 0.00000109. The number of hydrogen-bond donors (Lipinski definition) is 0. The minimum atomic E-state index is 0.664. The summed E-state index contributed by atoms with van der Waals surface area (Å²) >= 11 is 0. The van der Waals surface area contributed by atoms with Crippen molar-refractivity contribution in [1.82, 2.24) is 30.4 Å². The fraction of sp³-hybridized carbons (Fsp3) is 0.182. The fourth-order valence-corrected chi connectivity index (χ4v) is 2.58. The van der Waals surface area contributed by atoms with E-state index in [0.717, 1.165) is 34.2 Å². The molecular weight excluding hydrogens is 348 g/mol. The summed E-state index contributed by atoms with van der Waals surface area (Å²) in [5.41, 5.74) is 6.28. The van der Waals surface area contributed by atoms with Gasteiger partial charge < -0.3 is 0 Å². The van der Waals surface area contributed by atoms with Gasteiger partial charge in [0.1, 0.15) is 22.8 Å². The van der Waals surface area contributed by atoms with Gasteiger partial charge in [-0.3, -0.25) is 9.97 Å². The van der Waals surface area contributed by atoms with Crippen LogP contribution in [0.2, 0.25) is 0 Å². The minimum Gasteiger partial charge on any atom is -0.251 e. The highest BCUT2D eigenvalue weighted by atomic mass is 15.2. The zero-order valence-electron chi connectivity index (χ0n) is 16.5. The molecule has 4 aromatic rings. The molecule has 4 rings (SSSR count). The first-order valence-electron chi connectivity index (χ1n) is 9.25. The number of hydrogen-bond acceptors (Lipinski definition) is 6. The van der Waals surface area contributed by atoms with Gasteiger partial charge in [0.2, 0.25) is 0 Å². The van der Waals surface area contributed by atoms with Crippen molar-refractivity contribution in [1.29, 1.82) is 0 Å². The van der Waals surface area contributed by atoms with Crippen LogP contribution in [0.5, 0.6) is 0 Å². The van der Waals surface area contributed by atoms with Crippen LogP contribution in [0.15, 0.2) is 60.7 Å². The summed E-state index contributed by atoms with van der Waals surface area (Å²) in [6.07, 6.45) is 0. The van der Waals surface area contributed by atoms with Gasteiger partial charge in [-0.15, -0.1) is 20.4 Å². The van der Waals surface area contributed by atoms with Gasteiger partial charge in [-0.05, 0) is 62.4 Å². The monoisotopic (exact) mass is 370 g/mol. The molecule has 0 aliphatic carbocycles. The number of rotatable bonds is 3. The van der Waals surface area contributed by atoms with Crippen LogP contribution < -0.4 is 0 Å². The minimum absolute atomic E-state index is 0.664. The zero-order valence-corrected chi connectivity index (χ0v) is 16.5. The van der Waals surface area contributed by atoms with Crippen LogP contribution in [-0.4, -0.2) is 30.4 Å². The van der Waals surface area contributed by atoms with Gasteiger partial charge in [0, 0.05) is 11.4 Å². The molecular formula is C22H22N6. The summed E-state index contributed by atoms with van der Waals surface area (Å²) in [5, 5.41) is 17.1. The molecule has 0 saturated carbocycles. The van der Waals surface area contributed by atoms with Crippen LogP contribution in [-0.2, 0) is 0 Å². The lowest BCUT2D eigenvalue weighted by atomic mass is 10.2. The standard InChI is InChI=1S/C20H16N6.C2H6/c1-13-5-3-7-15(21-13)17-9-11-19(25-23-17)20-12-10-18(24-26-20)16-8-4-6-14(2)22-16;1-2/h3-12H,1-2H3;1-2H3. The van der Waals surface area contributed by atoms with E-state index in [1.165, 1.54) is 0 Å². The number of nitrogens with zero attached hydrogens (tertiary/aromatic N) is 6. The molecule has 0 aromatic carbocycles. The second-order valence-electron chi connectivity index (χ2n) is 5.94. The molecule has 0 aliphatic heterocycles. The fourth-order valence-electron chi connectivity index (χ4n) is 2.58. The largest absolute Gasteiger partial charge is 0.251 e. The first-order valence-corrected chi connectivity index (χ1v) is 9.25. The highest BCUT2D eigenvalue weighted by Gasteiger charge is 2.08. The van der Waals surface area contributed by atoms with E-state index in [1.54, 1.807) is 0 Å². The van der Waals surface area contributed by atoms with Crippen molar-refractivity contribution >= 4 is 0 Å². The summed E-state index contributed by atoms with van der Waals surface area (Å²) in [6, 6.07) is 19.2. The molecule has 6 heteroatoms. The van der Waals surface area contributed by atoms with Crippen LogP contribution in [0.4, 0.5) is 0 Å². The van der Waals surface area contributed by atoms with Crippen molar-refractivity contribution in [3.63, 3.8) is 0 Å². The molecule has 0 unspecified atom stereocenters. The lowest BCUT2D eigenvalue weighted by Gasteiger charge is -2.04. The number of aryl methyl sites for hydroxylation is 2. The normalized spacial score (nSPS) is 10.1. The molecule has 0 fully saturated rings. The van der Waals surface area contributed by atoms with Crippen molar-refractivity contribution < 1.29 is 0 Å². The van der Waals surface area contributed by atoms with E-state index in [-0.39, 0.29) is 0 Å². The maximum absolute atomic E-state index is 4.46. The highest BCUT2D eigenvalue weighted by molar-refractivity contribution is 5.61. The van der Waals surface area contributed by atoms with Crippen LogP contribution in [0.3, 0.4) is 0 Å². The molecule has 4 heterocycles. The first kappa shape index (κ1) is 19.2. The highest BCUT2D eigenvalue weighted by Crippen LogP contribution is 2.20. The second kappa shape index (κ2) is 8.90. The van der Waals surface area contributed by atoms with E-state index in [4.69, 9.17) is 0 Å². The average Bonchev–Trinajstić information content (AvgIpc) is 2.75. The number of aromatic nitrogens is 6. The molecule has 0 aliphatic rings.